The van der Waals surface area contributed by atoms with E-state index in [-0.39, 0.29) is 24.6 Å². The fourth-order valence-electron chi connectivity index (χ4n) is 2.39. The summed E-state index contributed by atoms with van der Waals surface area (Å²) in [7, 11) is 1.69. The number of aryl methyl sites for hydroxylation is 1. The number of aliphatic hydroxyl groups excluding tert-OH is 1. The summed E-state index contributed by atoms with van der Waals surface area (Å²) in [5.74, 6) is -0.444. The van der Waals surface area contributed by atoms with Crippen molar-refractivity contribution in [1.82, 2.24) is 9.88 Å². The standard InChI is InChI=1S/C14H15N3O5S/c1-16-9-3-2-8(6-11(9)23-14(16)21)17-7-10(22-13(17)20)12(19)15-4-5-18/h2-3,6,10,18H,4-5,7H2,1H3,(H,15,19). The highest BCUT2D eigenvalue weighted by Crippen LogP contribution is 2.27. The molecule has 0 saturated carbocycles. The number of thiazole rings is 1. The van der Waals surface area contributed by atoms with Gasteiger partial charge < -0.3 is 19.7 Å². The van der Waals surface area contributed by atoms with E-state index >= 15 is 0 Å². The van der Waals surface area contributed by atoms with Crippen molar-refractivity contribution >= 4 is 39.2 Å². The van der Waals surface area contributed by atoms with Gasteiger partial charge in [-0.1, -0.05) is 11.3 Å². The second-order valence-electron chi connectivity index (χ2n) is 5.08. The number of amides is 2. The molecule has 0 bridgehead atoms. The Morgan fingerprint density at radius 2 is 2.26 bits per heavy atom. The summed E-state index contributed by atoms with van der Waals surface area (Å²) in [6.07, 6.45) is -1.53. The number of anilines is 1. The molecule has 1 aliphatic heterocycles. The molecule has 3 rings (SSSR count). The minimum absolute atomic E-state index is 0.0811. The number of aliphatic hydroxyl groups is 1. The number of cyclic esters (lactones) is 1. The van der Waals surface area contributed by atoms with Crippen LogP contribution in [0.4, 0.5) is 10.5 Å². The van der Waals surface area contributed by atoms with Crippen molar-refractivity contribution in [3.8, 4) is 0 Å². The lowest BCUT2D eigenvalue weighted by molar-refractivity contribution is -0.127. The normalized spacial score (nSPS) is 17.6. The lowest BCUT2D eigenvalue weighted by atomic mass is 10.2. The topological polar surface area (TPSA) is 101 Å². The van der Waals surface area contributed by atoms with Crippen LogP contribution in [0.1, 0.15) is 0 Å². The maximum Gasteiger partial charge on any atom is 0.415 e. The van der Waals surface area contributed by atoms with Crippen LogP contribution in [0.5, 0.6) is 0 Å². The molecule has 2 amide bonds. The molecule has 23 heavy (non-hydrogen) atoms. The first-order chi connectivity index (χ1) is 11.0. The molecule has 1 unspecified atom stereocenters. The van der Waals surface area contributed by atoms with Gasteiger partial charge in [0.2, 0.25) is 0 Å². The van der Waals surface area contributed by atoms with E-state index in [2.05, 4.69) is 5.32 Å². The zero-order valence-electron chi connectivity index (χ0n) is 12.3. The molecule has 8 nitrogen and oxygen atoms in total. The van der Waals surface area contributed by atoms with Crippen LogP contribution in [-0.4, -0.2) is 47.5 Å². The van der Waals surface area contributed by atoms with Crippen LogP contribution in [0.25, 0.3) is 10.2 Å². The molecule has 9 heteroatoms. The van der Waals surface area contributed by atoms with Gasteiger partial charge in [-0.3, -0.25) is 14.5 Å². The van der Waals surface area contributed by atoms with Gasteiger partial charge in [0.15, 0.2) is 6.10 Å². The number of benzene rings is 1. The smallest absolute Gasteiger partial charge is 0.415 e. The lowest BCUT2D eigenvalue weighted by Gasteiger charge is -2.13. The highest BCUT2D eigenvalue weighted by atomic mass is 32.1. The minimum Gasteiger partial charge on any atom is -0.434 e. The van der Waals surface area contributed by atoms with E-state index in [0.717, 1.165) is 21.6 Å². The van der Waals surface area contributed by atoms with Gasteiger partial charge >= 0.3 is 11.0 Å². The van der Waals surface area contributed by atoms with Crippen LogP contribution < -0.4 is 15.1 Å². The molecular formula is C14H15N3O5S. The fourth-order valence-corrected chi connectivity index (χ4v) is 3.31. The third kappa shape index (κ3) is 2.80. The van der Waals surface area contributed by atoms with Gasteiger partial charge in [-0.2, -0.15) is 0 Å². The maximum absolute atomic E-state index is 12.0. The molecule has 1 fully saturated rings. The number of fused-ring (bicyclic) bond motifs is 1. The largest absolute Gasteiger partial charge is 0.434 e. The molecule has 0 aliphatic carbocycles. The summed E-state index contributed by atoms with van der Waals surface area (Å²) in [4.78, 5) is 36.8. The Kier molecular flexibility index (Phi) is 4.05. The van der Waals surface area contributed by atoms with Crippen LogP contribution >= 0.6 is 11.3 Å². The first-order valence-corrected chi connectivity index (χ1v) is 7.79. The highest BCUT2D eigenvalue weighted by Gasteiger charge is 2.36. The van der Waals surface area contributed by atoms with Gasteiger partial charge in [-0.05, 0) is 18.2 Å². The van der Waals surface area contributed by atoms with E-state index < -0.39 is 18.1 Å². The van der Waals surface area contributed by atoms with Crippen molar-refractivity contribution in [3.63, 3.8) is 0 Å². The van der Waals surface area contributed by atoms with Crippen molar-refractivity contribution in [2.45, 2.75) is 6.10 Å². The molecule has 1 saturated heterocycles. The zero-order valence-corrected chi connectivity index (χ0v) is 13.1. The molecule has 2 N–H and O–H groups in total. The molecule has 0 radical (unpaired) electrons. The number of rotatable bonds is 4. The van der Waals surface area contributed by atoms with Gasteiger partial charge in [0.1, 0.15) is 0 Å². The van der Waals surface area contributed by atoms with Gasteiger partial charge in [-0.25, -0.2) is 4.79 Å². The van der Waals surface area contributed by atoms with E-state index in [4.69, 9.17) is 9.84 Å². The van der Waals surface area contributed by atoms with Gasteiger partial charge in [-0.15, -0.1) is 0 Å². The maximum atomic E-state index is 12.0. The predicted molar refractivity (Wildman–Crippen MR) is 84.8 cm³/mol. The van der Waals surface area contributed by atoms with Crippen LogP contribution in [0.15, 0.2) is 23.0 Å². The van der Waals surface area contributed by atoms with Gasteiger partial charge in [0.05, 0.1) is 23.4 Å². The Labute approximate surface area is 134 Å². The molecule has 1 atom stereocenters. The van der Waals surface area contributed by atoms with Crippen molar-refractivity contribution < 1.29 is 19.4 Å². The van der Waals surface area contributed by atoms with E-state index in [9.17, 15) is 14.4 Å². The third-order valence-corrected chi connectivity index (χ3v) is 4.60. The number of nitrogens with one attached hydrogen (secondary N) is 1. The number of hydrogen-bond donors (Lipinski definition) is 2. The Bertz CT molecular complexity index is 827. The van der Waals surface area contributed by atoms with E-state index in [1.165, 1.54) is 9.47 Å². The van der Waals surface area contributed by atoms with Crippen molar-refractivity contribution in [2.75, 3.05) is 24.6 Å². The highest BCUT2D eigenvalue weighted by molar-refractivity contribution is 7.16. The summed E-state index contributed by atoms with van der Waals surface area (Å²) >= 11 is 1.09. The Hall–Kier alpha value is -2.39. The Balaban J connectivity index is 1.83. The molecule has 0 spiro atoms. The number of carbonyl (C=O) groups excluding carboxylic acids is 2. The van der Waals surface area contributed by atoms with E-state index in [0.29, 0.717) is 5.69 Å². The summed E-state index contributed by atoms with van der Waals surface area (Å²) < 4.78 is 7.36. The van der Waals surface area contributed by atoms with E-state index in [1.807, 2.05) is 0 Å². The minimum atomic E-state index is -0.917. The van der Waals surface area contributed by atoms with Gasteiger partial charge in [0, 0.05) is 19.3 Å². The molecule has 2 heterocycles. The molecule has 122 valence electrons. The quantitative estimate of drug-likeness (QED) is 0.820. The summed E-state index contributed by atoms with van der Waals surface area (Å²) in [5.41, 5.74) is 1.36. The SMILES string of the molecule is Cn1c(=O)sc2cc(N3CC(C(=O)NCCO)OC3=O)ccc21. The van der Waals surface area contributed by atoms with Crippen LogP contribution in [0, 0.1) is 0 Å². The monoisotopic (exact) mass is 337 g/mol. The first-order valence-electron chi connectivity index (χ1n) is 6.97. The van der Waals surface area contributed by atoms with Crippen LogP contribution in [0.2, 0.25) is 0 Å². The summed E-state index contributed by atoms with van der Waals surface area (Å²) in [6.45, 7) is 0.0138. The first kappa shape index (κ1) is 15.5. The lowest BCUT2D eigenvalue weighted by Crippen LogP contribution is -2.38. The van der Waals surface area contributed by atoms with E-state index in [1.54, 1.807) is 25.2 Å². The predicted octanol–water partition coefficient (Wildman–Crippen LogP) is 0.0337. The third-order valence-electron chi connectivity index (χ3n) is 3.60. The molecule has 2 aromatic rings. The van der Waals surface area contributed by atoms with Crippen LogP contribution in [0.3, 0.4) is 0 Å². The summed E-state index contributed by atoms with van der Waals surface area (Å²) in [6, 6.07) is 5.20. The van der Waals surface area contributed by atoms with Crippen molar-refractivity contribution in [1.29, 1.82) is 0 Å². The van der Waals surface area contributed by atoms with Crippen molar-refractivity contribution in [3.05, 3.63) is 27.9 Å². The second kappa shape index (κ2) is 6.01. The summed E-state index contributed by atoms with van der Waals surface area (Å²) in [5, 5.41) is 11.2. The molecular weight excluding hydrogens is 322 g/mol. The number of carbonyl (C=O) groups is 2. The Morgan fingerprint density at radius 3 is 3.00 bits per heavy atom. The van der Waals surface area contributed by atoms with Crippen LogP contribution in [-0.2, 0) is 16.6 Å². The number of nitrogens with zero attached hydrogens (tertiary/aromatic N) is 2. The second-order valence-corrected chi connectivity index (χ2v) is 6.07. The molecule has 1 aromatic heterocycles. The number of ether oxygens (including phenoxy) is 1. The number of aromatic nitrogens is 1. The average Bonchev–Trinajstić information content (AvgIpc) is 3.05. The van der Waals surface area contributed by atoms with Crippen molar-refractivity contribution in [2.24, 2.45) is 7.05 Å². The zero-order chi connectivity index (χ0) is 16.6. The fraction of sp³-hybridized carbons (Fsp3) is 0.357. The number of hydrogen-bond acceptors (Lipinski definition) is 6. The Morgan fingerprint density at radius 1 is 1.48 bits per heavy atom. The van der Waals surface area contributed by atoms with Gasteiger partial charge in [0.25, 0.3) is 5.91 Å². The molecule has 1 aliphatic rings. The molecule has 1 aromatic carbocycles. The average molecular weight is 337 g/mol.